The summed E-state index contributed by atoms with van der Waals surface area (Å²) >= 11 is 0. The van der Waals surface area contributed by atoms with E-state index in [4.69, 9.17) is 4.74 Å². The molecule has 0 aliphatic heterocycles. The quantitative estimate of drug-likeness (QED) is 0.885. The van der Waals surface area contributed by atoms with Crippen LogP contribution >= 0.6 is 0 Å². The van der Waals surface area contributed by atoms with E-state index in [2.05, 4.69) is 15.6 Å². The largest absolute Gasteiger partial charge is 0.497 e. The van der Waals surface area contributed by atoms with Gasteiger partial charge in [-0.05, 0) is 30.7 Å². The number of carbonyl (C=O) groups is 1. The molecular weight excluding hydrogens is 266 g/mol. The van der Waals surface area contributed by atoms with Gasteiger partial charge in [0.1, 0.15) is 5.75 Å². The molecule has 2 aromatic rings. The molecule has 0 aliphatic rings. The normalized spacial score (nSPS) is 10.0. The number of aromatic nitrogens is 1. The molecule has 2 N–H and O–H groups in total. The molecule has 1 amide bonds. The van der Waals surface area contributed by atoms with E-state index in [9.17, 15) is 4.79 Å². The minimum atomic E-state index is -0.158. The Morgan fingerprint density at radius 2 is 2.14 bits per heavy atom. The number of anilines is 1. The zero-order valence-corrected chi connectivity index (χ0v) is 12.4. The van der Waals surface area contributed by atoms with E-state index in [0.29, 0.717) is 12.1 Å². The van der Waals surface area contributed by atoms with Crippen LogP contribution in [0.2, 0.25) is 0 Å². The van der Waals surface area contributed by atoms with Crippen molar-refractivity contribution < 1.29 is 9.53 Å². The molecule has 5 nitrogen and oxygen atoms in total. The van der Waals surface area contributed by atoms with Gasteiger partial charge in [-0.1, -0.05) is 12.1 Å². The Balaban J connectivity index is 2.08. The second kappa shape index (κ2) is 6.74. The van der Waals surface area contributed by atoms with Crippen molar-refractivity contribution in [3.05, 3.63) is 53.3 Å². The SMILES string of the molecule is CNc1cc(C)ncc1C(=O)NCc1cccc(OC)c1. The van der Waals surface area contributed by atoms with Crippen molar-refractivity contribution in [2.75, 3.05) is 19.5 Å². The maximum absolute atomic E-state index is 12.2. The Hall–Kier alpha value is -2.56. The molecule has 21 heavy (non-hydrogen) atoms. The van der Waals surface area contributed by atoms with Crippen LogP contribution in [0, 0.1) is 6.92 Å². The van der Waals surface area contributed by atoms with Crippen molar-refractivity contribution in [1.82, 2.24) is 10.3 Å². The number of nitrogens with one attached hydrogen (secondary N) is 2. The Labute approximate surface area is 124 Å². The third-order valence-electron chi connectivity index (χ3n) is 3.14. The molecule has 0 aliphatic carbocycles. The van der Waals surface area contributed by atoms with E-state index in [1.165, 1.54) is 0 Å². The van der Waals surface area contributed by atoms with Crippen LogP contribution in [0.5, 0.6) is 5.75 Å². The Bertz CT molecular complexity index is 641. The minimum absolute atomic E-state index is 0.158. The second-order valence-corrected chi connectivity index (χ2v) is 4.66. The van der Waals surface area contributed by atoms with Crippen LogP contribution in [-0.2, 0) is 6.54 Å². The van der Waals surface area contributed by atoms with Gasteiger partial charge < -0.3 is 15.4 Å². The van der Waals surface area contributed by atoms with E-state index >= 15 is 0 Å². The van der Waals surface area contributed by atoms with E-state index in [1.54, 1.807) is 20.4 Å². The fourth-order valence-electron chi connectivity index (χ4n) is 2.01. The van der Waals surface area contributed by atoms with Gasteiger partial charge in [0.15, 0.2) is 0 Å². The topological polar surface area (TPSA) is 63.2 Å². The van der Waals surface area contributed by atoms with Crippen LogP contribution in [0.1, 0.15) is 21.6 Å². The molecule has 0 unspecified atom stereocenters. The predicted molar refractivity (Wildman–Crippen MR) is 82.7 cm³/mol. The number of carbonyl (C=O) groups excluding carboxylic acids is 1. The van der Waals surface area contributed by atoms with Crippen molar-refractivity contribution in [3.8, 4) is 5.75 Å². The van der Waals surface area contributed by atoms with Gasteiger partial charge in [0.2, 0.25) is 0 Å². The lowest BCUT2D eigenvalue weighted by Crippen LogP contribution is -2.24. The van der Waals surface area contributed by atoms with E-state index < -0.39 is 0 Å². The molecule has 0 radical (unpaired) electrons. The standard InChI is InChI=1S/C16H19N3O2/c1-11-7-15(17-2)14(10-18-11)16(20)19-9-12-5-4-6-13(8-12)21-3/h4-8,10H,9H2,1-3H3,(H,17,18)(H,19,20). The van der Waals surface area contributed by atoms with Crippen LogP contribution in [0.3, 0.4) is 0 Å². The minimum Gasteiger partial charge on any atom is -0.497 e. The third-order valence-corrected chi connectivity index (χ3v) is 3.14. The average molecular weight is 285 g/mol. The molecule has 0 saturated carbocycles. The molecule has 0 fully saturated rings. The number of hydrogen-bond acceptors (Lipinski definition) is 4. The summed E-state index contributed by atoms with van der Waals surface area (Å²) in [6.07, 6.45) is 1.59. The lowest BCUT2D eigenvalue weighted by molar-refractivity contribution is 0.0951. The van der Waals surface area contributed by atoms with Crippen LogP contribution < -0.4 is 15.4 Å². The number of pyridine rings is 1. The van der Waals surface area contributed by atoms with E-state index in [1.807, 2.05) is 37.3 Å². The first-order valence-corrected chi connectivity index (χ1v) is 6.69. The molecule has 0 bridgehead atoms. The lowest BCUT2D eigenvalue weighted by atomic mass is 10.1. The molecule has 1 aromatic heterocycles. The van der Waals surface area contributed by atoms with Gasteiger partial charge >= 0.3 is 0 Å². The van der Waals surface area contributed by atoms with Crippen molar-refractivity contribution in [3.63, 3.8) is 0 Å². The fourth-order valence-corrected chi connectivity index (χ4v) is 2.01. The molecule has 110 valence electrons. The molecular formula is C16H19N3O2. The second-order valence-electron chi connectivity index (χ2n) is 4.66. The number of amides is 1. The molecule has 0 atom stereocenters. The highest BCUT2D eigenvalue weighted by Crippen LogP contribution is 2.16. The highest BCUT2D eigenvalue weighted by Gasteiger charge is 2.11. The summed E-state index contributed by atoms with van der Waals surface area (Å²) in [6, 6.07) is 9.45. The van der Waals surface area contributed by atoms with Crippen LogP contribution in [0.25, 0.3) is 0 Å². The smallest absolute Gasteiger partial charge is 0.255 e. The summed E-state index contributed by atoms with van der Waals surface area (Å²) < 4.78 is 5.16. The van der Waals surface area contributed by atoms with Crippen molar-refractivity contribution in [2.24, 2.45) is 0 Å². The number of aryl methyl sites for hydroxylation is 1. The number of nitrogens with zero attached hydrogens (tertiary/aromatic N) is 1. The lowest BCUT2D eigenvalue weighted by Gasteiger charge is -2.10. The highest BCUT2D eigenvalue weighted by molar-refractivity contribution is 5.99. The van der Waals surface area contributed by atoms with Gasteiger partial charge in [-0.3, -0.25) is 9.78 Å². The summed E-state index contributed by atoms with van der Waals surface area (Å²) in [6.45, 7) is 2.33. The maximum Gasteiger partial charge on any atom is 0.255 e. The van der Waals surface area contributed by atoms with E-state index in [-0.39, 0.29) is 5.91 Å². The van der Waals surface area contributed by atoms with Gasteiger partial charge in [0, 0.05) is 25.5 Å². The zero-order valence-electron chi connectivity index (χ0n) is 12.4. The number of hydrogen-bond donors (Lipinski definition) is 2. The summed E-state index contributed by atoms with van der Waals surface area (Å²) in [7, 11) is 3.41. The van der Waals surface area contributed by atoms with Crippen molar-refractivity contribution >= 4 is 11.6 Å². The van der Waals surface area contributed by atoms with Gasteiger partial charge in [-0.15, -0.1) is 0 Å². The summed E-state index contributed by atoms with van der Waals surface area (Å²) in [5, 5.41) is 5.90. The number of methoxy groups -OCH3 is 1. The molecule has 2 rings (SSSR count). The number of rotatable bonds is 5. The molecule has 1 heterocycles. The van der Waals surface area contributed by atoms with Crippen LogP contribution in [0.4, 0.5) is 5.69 Å². The molecule has 0 saturated heterocycles. The zero-order chi connectivity index (χ0) is 15.2. The first-order chi connectivity index (χ1) is 10.1. The number of ether oxygens (including phenoxy) is 1. The van der Waals surface area contributed by atoms with Crippen molar-refractivity contribution in [2.45, 2.75) is 13.5 Å². The predicted octanol–water partition coefficient (Wildman–Crippen LogP) is 2.37. The molecule has 5 heteroatoms. The third kappa shape index (κ3) is 3.72. The fraction of sp³-hybridized carbons (Fsp3) is 0.250. The summed E-state index contributed by atoms with van der Waals surface area (Å²) in [5.41, 5.74) is 3.15. The average Bonchev–Trinajstić information content (AvgIpc) is 2.52. The Kier molecular flexibility index (Phi) is 4.77. The highest BCUT2D eigenvalue weighted by atomic mass is 16.5. The van der Waals surface area contributed by atoms with Gasteiger partial charge in [0.05, 0.1) is 18.4 Å². The monoisotopic (exact) mass is 285 g/mol. The van der Waals surface area contributed by atoms with Crippen LogP contribution in [0.15, 0.2) is 36.5 Å². The Morgan fingerprint density at radius 3 is 2.86 bits per heavy atom. The van der Waals surface area contributed by atoms with Crippen LogP contribution in [-0.4, -0.2) is 25.0 Å². The van der Waals surface area contributed by atoms with Crippen molar-refractivity contribution in [1.29, 1.82) is 0 Å². The van der Waals surface area contributed by atoms with Gasteiger partial charge in [-0.25, -0.2) is 0 Å². The first kappa shape index (κ1) is 14.8. The van der Waals surface area contributed by atoms with Gasteiger partial charge in [0.25, 0.3) is 5.91 Å². The summed E-state index contributed by atoms with van der Waals surface area (Å²) in [4.78, 5) is 16.4. The number of benzene rings is 1. The molecule has 0 spiro atoms. The maximum atomic E-state index is 12.2. The first-order valence-electron chi connectivity index (χ1n) is 6.69. The summed E-state index contributed by atoms with van der Waals surface area (Å²) in [5.74, 6) is 0.615. The Morgan fingerprint density at radius 1 is 1.33 bits per heavy atom. The van der Waals surface area contributed by atoms with E-state index in [0.717, 1.165) is 22.7 Å². The van der Waals surface area contributed by atoms with Gasteiger partial charge in [-0.2, -0.15) is 0 Å². The molecule has 1 aromatic carbocycles.